The van der Waals surface area contributed by atoms with Gasteiger partial charge in [-0.1, -0.05) is 41.4 Å². The van der Waals surface area contributed by atoms with Gasteiger partial charge in [-0.25, -0.2) is 5.43 Å². The van der Waals surface area contributed by atoms with E-state index in [9.17, 15) is 4.79 Å². The molecule has 0 fully saturated rings. The lowest BCUT2D eigenvalue weighted by molar-refractivity contribution is 0.0959. The highest BCUT2D eigenvalue weighted by Gasteiger charge is 2.16. The third-order valence-corrected chi connectivity index (χ3v) is 5.62. The average molecular weight is 409 g/mol. The number of amides is 1. The Balaban J connectivity index is 1.79. The van der Waals surface area contributed by atoms with E-state index < -0.39 is 0 Å². The standard InChI is InChI=1S/C18H14Cl2N2O3S/c1-24-13-7-10(12(19)8-14(13)25-2)9-21-22-18(23)17-16(20)11-5-3-4-6-15(11)26-17/h3-9H,1-2H3,(H,22,23)/b21-9+. The number of thiophene rings is 1. The normalized spacial score (nSPS) is 11.1. The van der Waals surface area contributed by atoms with Crippen LogP contribution in [0.1, 0.15) is 15.2 Å². The third-order valence-electron chi connectivity index (χ3n) is 3.61. The third kappa shape index (κ3) is 3.62. The Morgan fingerprint density at radius 3 is 2.54 bits per heavy atom. The van der Waals surface area contributed by atoms with E-state index in [1.54, 1.807) is 12.1 Å². The van der Waals surface area contributed by atoms with E-state index in [0.29, 0.717) is 32.0 Å². The van der Waals surface area contributed by atoms with Crippen molar-refractivity contribution in [2.24, 2.45) is 5.10 Å². The fraction of sp³-hybridized carbons (Fsp3) is 0.111. The predicted octanol–water partition coefficient (Wildman–Crippen LogP) is 4.99. The SMILES string of the molecule is COc1cc(Cl)c(/C=N/NC(=O)c2sc3ccccc3c2Cl)cc1OC. The molecule has 1 heterocycles. The van der Waals surface area contributed by atoms with Crippen LogP contribution in [-0.4, -0.2) is 26.3 Å². The molecule has 134 valence electrons. The first kappa shape index (κ1) is 18.5. The number of nitrogens with zero attached hydrogens (tertiary/aromatic N) is 1. The van der Waals surface area contributed by atoms with Crippen LogP contribution in [0.3, 0.4) is 0 Å². The van der Waals surface area contributed by atoms with E-state index in [0.717, 1.165) is 10.1 Å². The van der Waals surface area contributed by atoms with Crippen molar-refractivity contribution in [3.8, 4) is 11.5 Å². The Hall–Kier alpha value is -2.28. The Kier molecular flexibility index (Phi) is 5.66. The van der Waals surface area contributed by atoms with Crippen molar-refractivity contribution >= 4 is 56.7 Å². The highest BCUT2D eigenvalue weighted by atomic mass is 35.5. The fourth-order valence-corrected chi connectivity index (χ4v) is 3.95. The van der Waals surface area contributed by atoms with Crippen LogP contribution in [0.4, 0.5) is 0 Å². The second kappa shape index (κ2) is 7.95. The molecule has 2 aromatic carbocycles. The maximum absolute atomic E-state index is 12.4. The second-order valence-corrected chi connectivity index (χ2v) is 7.01. The number of hydrazone groups is 1. The molecule has 0 aliphatic carbocycles. The smallest absolute Gasteiger partial charge is 0.283 e. The molecule has 0 aliphatic rings. The van der Waals surface area contributed by atoms with Crippen LogP contribution < -0.4 is 14.9 Å². The molecule has 0 radical (unpaired) electrons. The number of benzene rings is 2. The number of fused-ring (bicyclic) bond motifs is 1. The molecule has 0 saturated carbocycles. The lowest BCUT2D eigenvalue weighted by Crippen LogP contribution is -2.16. The van der Waals surface area contributed by atoms with Crippen molar-refractivity contribution in [2.75, 3.05) is 14.2 Å². The minimum atomic E-state index is -0.385. The maximum Gasteiger partial charge on any atom is 0.283 e. The van der Waals surface area contributed by atoms with Gasteiger partial charge in [0, 0.05) is 21.7 Å². The Morgan fingerprint density at radius 1 is 1.15 bits per heavy atom. The van der Waals surface area contributed by atoms with E-state index in [4.69, 9.17) is 32.7 Å². The van der Waals surface area contributed by atoms with Gasteiger partial charge in [0.15, 0.2) is 11.5 Å². The van der Waals surface area contributed by atoms with Crippen LogP contribution >= 0.6 is 34.5 Å². The van der Waals surface area contributed by atoms with E-state index in [-0.39, 0.29) is 5.91 Å². The monoisotopic (exact) mass is 408 g/mol. The van der Waals surface area contributed by atoms with Gasteiger partial charge in [-0.2, -0.15) is 5.10 Å². The predicted molar refractivity (Wildman–Crippen MR) is 106 cm³/mol. The quantitative estimate of drug-likeness (QED) is 0.477. The molecule has 0 saturated heterocycles. The summed E-state index contributed by atoms with van der Waals surface area (Å²) >= 11 is 13.8. The topological polar surface area (TPSA) is 59.9 Å². The van der Waals surface area contributed by atoms with E-state index in [2.05, 4.69) is 10.5 Å². The summed E-state index contributed by atoms with van der Waals surface area (Å²) in [5.74, 6) is 0.636. The van der Waals surface area contributed by atoms with Gasteiger partial charge in [0.25, 0.3) is 5.91 Å². The van der Waals surface area contributed by atoms with Crippen molar-refractivity contribution in [3.05, 3.63) is 56.9 Å². The van der Waals surface area contributed by atoms with E-state index in [1.165, 1.54) is 31.8 Å². The van der Waals surface area contributed by atoms with Crippen molar-refractivity contribution in [2.45, 2.75) is 0 Å². The van der Waals surface area contributed by atoms with Crippen molar-refractivity contribution in [1.29, 1.82) is 0 Å². The number of hydrogen-bond acceptors (Lipinski definition) is 5. The summed E-state index contributed by atoms with van der Waals surface area (Å²) in [6.45, 7) is 0. The lowest BCUT2D eigenvalue weighted by Gasteiger charge is -2.09. The Morgan fingerprint density at radius 2 is 1.85 bits per heavy atom. The van der Waals surface area contributed by atoms with Crippen LogP contribution in [0.2, 0.25) is 10.0 Å². The number of methoxy groups -OCH3 is 2. The molecule has 0 spiro atoms. The number of nitrogens with one attached hydrogen (secondary N) is 1. The zero-order valence-electron chi connectivity index (χ0n) is 13.9. The number of halogens is 2. The summed E-state index contributed by atoms with van der Waals surface area (Å²) < 4.78 is 11.3. The van der Waals surface area contributed by atoms with Crippen LogP contribution in [0, 0.1) is 0 Å². The number of carbonyl (C=O) groups excluding carboxylic acids is 1. The molecule has 0 bridgehead atoms. The molecule has 1 aromatic heterocycles. The number of ether oxygens (including phenoxy) is 2. The van der Waals surface area contributed by atoms with Gasteiger partial charge in [0.05, 0.1) is 30.5 Å². The maximum atomic E-state index is 12.4. The molecule has 0 aliphatic heterocycles. The van der Waals surface area contributed by atoms with Crippen molar-refractivity contribution in [1.82, 2.24) is 5.43 Å². The Bertz CT molecular complexity index is 1000. The molecule has 3 rings (SSSR count). The van der Waals surface area contributed by atoms with E-state index >= 15 is 0 Å². The van der Waals surface area contributed by atoms with Gasteiger partial charge < -0.3 is 9.47 Å². The summed E-state index contributed by atoms with van der Waals surface area (Å²) in [7, 11) is 3.05. The fourth-order valence-electron chi connectivity index (χ4n) is 2.34. The van der Waals surface area contributed by atoms with Crippen molar-refractivity contribution < 1.29 is 14.3 Å². The molecule has 3 aromatic rings. The minimum absolute atomic E-state index is 0.385. The molecule has 8 heteroatoms. The first-order chi connectivity index (χ1) is 12.5. The van der Waals surface area contributed by atoms with Gasteiger partial charge in [-0.05, 0) is 12.1 Å². The molecule has 1 amide bonds. The summed E-state index contributed by atoms with van der Waals surface area (Å²) in [6, 6.07) is 10.8. The molecule has 5 nitrogen and oxygen atoms in total. The zero-order valence-corrected chi connectivity index (χ0v) is 16.2. The van der Waals surface area contributed by atoms with Gasteiger partial charge >= 0.3 is 0 Å². The number of carbonyl (C=O) groups is 1. The average Bonchev–Trinajstić information content (AvgIpc) is 2.99. The van der Waals surface area contributed by atoms with Gasteiger partial charge in [-0.3, -0.25) is 4.79 Å². The molecular formula is C18H14Cl2N2O3S. The first-order valence-corrected chi connectivity index (χ1v) is 9.04. The first-order valence-electron chi connectivity index (χ1n) is 7.47. The minimum Gasteiger partial charge on any atom is -0.493 e. The number of rotatable bonds is 5. The summed E-state index contributed by atoms with van der Waals surface area (Å²) in [6.07, 6.45) is 1.43. The van der Waals surface area contributed by atoms with Crippen LogP contribution in [0.25, 0.3) is 10.1 Å². The van der Waals surface area contributed by atoms with Gasteiger partial charge in [-0.15, -0.1) is 11.3 Å². The van der Waals surface area contributed by atoms with Gasteiger partial charge in [0.2, 0.25) is 0 Å². The van der Waals surface area contributed by atoms with Crippen molar-refractivity contribution in [3.63, 3.8) is 0 Å². The highest BCUT2D eigenvalue weighted by Crippen LogP contribution is 2.35. The largest absolute Gasteiger partial charge is 0.493 e. The number of hydrogen-bond donors (Lipinski definition) is 1. The van der Waals surface area contributed by atoms with Crippen LogP contribution in [-0.2, 0) is 0 Å². The molecule has 26 heavy (non-hydrogen) atoms. The lowest BCUT2D eigenvalue weighted by atomic mass is 10.2. The van der Waals surface area contributed by atoms with Gasteiger partial charge in [0.1, 0.15) is 4.88 Å². The van der Waals surface area contributed by atoms with Crippen LogP contribution in [0.15, 0.2) is 41.5 Å². The molecule has 1 N–H and O–H groups in total. The molecule has 0 atom stereocenters. The molecular weight excluding hydrogens is 395 g/mol. The second-order valence-electron chi connectivity index (χ2n) is 5.17. The summed E-state index contributed by atoms with van der Waals surface area (Å²) in [5.41, 5.74) is 3.04. The van der Waals surface area contributed by atoms with Crippen LogP contribution in [0.5, 0.6) is 11.5 Å². The highest BCUT2D eigenvalue weighted by molar-refractivity contribution is 7.21. The summed E-state index contributed by atoms with van der Waals surface area (Å²) in [5, 5.41) is 5.64. The molecule has 0 unspecified atom stereocenters. The summed E-state index contributed by atoms with van der Waals surface area (Å²) in [4.78, 5) is 12.8. The van der Waals surface area contributed by atoms with E-state index in [1.807, 2.05) is 24.3 Å². The zero-order chi connectivity index (χ0) is 18.7. The Labute approximate surface area is 164 Å².